The van der Waals surface area contributed by atoms with Gasteiger partial charge in [0.1, 0.15) is 5.76 Å². The molecule has 0 aliphatic heterocycles. The Morgan fingerprint density at radius 1 is 1.39 bits per heavy atom. The SMILES string of the molecule is COC(=O)CCc1ccc(C)n1Cc1ccco1. The van der Waals surface area contributed by atoms with Gasteiger partial charge in [-0.3, -0.25) is 4.79 Å². The number of hydrogen-bond acceptors (Lipinski definition) is 3. The van der Waals surface area contributed by atoms with Crippen LogP contribution in [-0.4, -0.2) is 17.6 Å². The van der Waals surface area contributed by atoms with Crippen molar-refractivity contribution in [3.8, 4) is 0 Å². The molecular formula is C14H17NO3. The summed E-state index contributed by atoms with van der Waals surface area (Å²) in [6, 6.07) is 7.92. The van der Waals surface area contributed by atoms with Crippen LogP contribution in [0.1, 0.15) is 23.6 Å². The van der Waals surface area contributed by atoms with Crippen LogP contribution in [0.4, 0.5) is 0 Å². The second-order valence-corrected chi connectivity index (χ2v) is 4.21. The van der Waals surface area contributed by atoms with Crippen LogP contribution in [0.3, 0.4) is 0 Å². The van der Waals surface area contributed by atoms with E-state index in [0.717, 1.165) is 17.1 Å². The quantitative estimate of drug-likeness (QED) is 0.763. The summed E-state index contributed by atoms with van der Waals surface area (Å²) in [4.78, 5) is 11.2. The lowest BCUT2D eigenvalue weighted by Gasteiger charge is -2.09. The van der Waals surface area contributed by atoms with Gasteiger partial charge in [0.2, 0.25) is 0 Å². The molecule has 0 saturated heterocycles. The van der Waals surface area contributed by atoms with Gasteiger partial charge in [-0.05, 0) is 37.6 Å². The molecule has 2 rings (SSSR count). The van der Waals surface area contributed by atoms with Crippen molar-refractivity contribution in [1.82, 2.24) is 4.57 Å². The maximum absolute atomic E-state index is 11.2. The standard InChI is InChI=1S/C14H17NO3/c1-11-5-6-12(7-8-14(16)17-2)15(11)10-13-4-3-9-18-13/h3-6,9H,7-8,10H2,1-2H3. The van der Waals surface area contributed by atoms with Crippen molar-refractivity contribution in [2.75, 3.05) is 7.11 Å². The zero-order valence-electron chi connectivity index (χ0n) is 10.7. The molecule has 0 unspecified atom stereocenters. The third kappa shape index (κ3) is 2.83. The molecule has 0 spiro atoms. The predicted octanol–water partition coefficient (Wildman–Crippen LogP) is 2.54. The molecule has 4 nitrogen and oxygen atoms in total. The van der Waals surface area contributed by atoms with Crippen molar-refractivity contribution in [3.63, 3.8) is 0 Å². The average molecular weight is 247 g/mol. The van der Waals surface area contributed by atoms with E-state index in [1.807, 2.05) is 25.1 Å². The normalized spacial score (nSPS) is 10.6. The van der Waals surface area contributed by atoms with Crippen LogP contribution in [0.5, 0.6) is 0 Å². The molecule has 0 fully saturated rings. The molecule has 0 bridgehead atoms. The maximum atomic E-state index is 11.2. The van der Waals surface area contributed by atoms with Gasteiger partial charge in [-0.15, -0.1) is 0 Å². The molecule has 96 valence electrons. The number of carbonyl (C=O) groups excluding carboxylic acids is 1. The van der Waals surface area contributed by atoms with E-state index in [1.165, 1.54) is 7.11 Å². The van der Waals surface area contributed by atoms with Gasteiger partial charge in [-0.2, -0.15) is 0 Å². The Hall–Kier alpha value is -1.97. The Kier molecular flexibility index (Phi) is 3.87. The second kappa shape index (κ2) is 5.58. The van der Waals surface area contributed by atoms with E-state index in [4.69, 9.17) is 4.42 Å². The van der Waals surface area contributed by atoms with Crippen molar-refractivity contribution in [2.24, 2.45) is 0 Å². The fourth-order valence-corrected chi connectivity index (χ4v) is 1.96. The summed E-state index contributed by atoms with van der Waals surface area (Å²) in [5.74, 6) is 0.729. The van der Waals surface area contributed by atoms with E-state index in [9.17, 15) is 4.79 Å². The molecule has 2 aromatic heterocycles. The Labute approximate surface area is 106 Å². The number of ether oxygens (including phenoxy) is 1. The van der Waals surface area contributed by atoms with Gasteiger partial charge in [-0.1, -0.05) is 0 Å². The van der Waals surface area contributed by atoms with E-state index in [-0.39, 0.29) is 5.97 Å². The molecular weight excluding hydrogens is 230 g/mol. The van der Waals surface area contributed by atoms with Crippen molar-refractivity contribution >= 4 is 5.97 Å². The topological polar surface area (TPSA) is 44.4 Å². The number of aryl methyl sites for hydroxylation is 2. The van der Waals surface area contributed by atoms with Gasteiger partial charge < -0.3 is 13.7 Å². The van der Waals surface area contributed by atoms with Gasteiger partial charge >= 0.3 is 5.97 Å². The van der Waals surface area contributed by atoms with Gasteiger partial charge in [-0.25, -0.2) is 0 Å². The van der Waals surface area contributed by atoms with E-state index in [0.29, 0.717) is 19.4 Å². The summed E-state index contributed by atoms with van der Waals surface area (Å²) in [6.45, 7) is 2.74. The highest BCUT2D eigenvalue weighted by Crippen LogP contribution is 2.14. The minimum atomic E-state index is -0.182. The summed E-state index contributed by atoms with van der Waals surface area (Å²) >= 11 is 0. The summed E-state index contributed by atoms with van der Waals surface area (Å²) in [5.41, 5.74) is 2.28. The fourth-order valence-electron chi connectivity index (χ4n) is 1.96. The molecule has 0 saturated carbocycles. The number of esters is 1. The van der Waals surface area contributed by atoms with E-state index < -0.39 is 0 Å². The molecule has 0 aromatic carbocycles. The Balaban J connectivity index is 2.09. The third-order valence-electron chi connectivity index (χ3n) is 3.00. The fraction of sp³-hybridized carbons (Fsp3) is 0.357. The molecule has 0 radical (unpaired) electrons. The van der Waals surface area contributed by atoms with Gasteiger partial charge in [0.05, 0.1) is 26.3 Å². The molecule has 0 N–H and O–H groups in total. The number of rotatable bonds is 5. The summed E-state index contributed by atoms with van der Waals surface area (Å²) in [6.07, 6.45) is 2.75. The molecule has 2 heterocycles. The van der Waals surface area contributed by atoms with Crippen molar-refractivity contribution < 1.29 is 13.9 Å². The lowest BCUT2D eigenvalue weighted by molar-refractivity contribution is -0.140. The first-order valence-corrected chi connectivity index (χ1v) is 5.95. The Morgan fingerprint density at radius 2 is 2.22 bits per heavy atom. The Morgan fingerprint density at radius 3 is 2.89 bits per heavy atom. The van der Waals surface area contributed by atoms with Crippen LogP contribution >= 0.6 is 0 Å². The minimum absolute atomic E-state index is 0.182. The first-order valence-electron chi connectivity index (χ1n) is 5.95. The number of aromatic nitrogens is 1. The van der Waals surface area contributed by atoms with E-state index in [1.54, 1.807) is 6.26 Å². The minimum Gasteiger partial charge on any atom is -0.469 e. The zero-order chi connectivity index (χ0) is 13.0. The lowest BCUT2D eigenvalue weighted by Crippen LogP contribution is -2.08. The third-order valence-corrected chi connectivity index (χ3v) is 3.00. The summed E-state index contributed by atoms with van der Waals surface area (Å²) in [7, 11) is 1.41. The second-order valence-electron chi connectivity index (χ2n) is 4.21. The van der Waals surface area contributed by atoms with Crippen LogP contribution in [-0.2, 0) is 22.5 Å². The van der Waals surface area contributed by atoms with Crippen LogP contribution < -0.4 is 0 Å². The maximum Gasteiger partial charge on any atom is 0.305 e. The Bertz CT molecular complexity index is 511. The predicted molar refractivity (Wildman–Crippen MR) is 67.3 cm³/mol. The molecule has 0 amide bonds. The molecule has 0 aliphatic carbocycles. The highest BCUT2D eigenvalue weighted by molar-refractivity contribution is 5.69. The summed E-state index contributed by atoms with van der Waals surface area (Å²) in [5, 5.41) is 0. The smallest absolute Gasteiger partial charge is 0.305 e. The number of methoxy groups -OCH3 is 1. The average Bonchev–Trinajstić information content (AvgIpc) is 2.99. The van der Waals surface area contributed by atoms with Crippen LogP contribution in [0.15, 0.2) is 34.9 Å². The van der Waals surface area contributed by atoms with E-state index in [2.05, 4.69) is 15.4 Å². The highest BCUT2D eigenvalue weighted by atomic mass is 16.5. The lowest BCUT2D eigenvalue weighted by atomic mass is 10.2. The van der Waals surface area contributed by atoms with E-state index >= 15 is 0 Å². The van der Waals surface area contributed by atoms with Crippen molar-refractivity contribution in [1.29, 1.82) is 0 Å². The number of nitrogens with zero attached hydrogens (tertiary/aromatic N) is 1. The molecule has 18 heavy (non-hydrogen) atoms. The van der Waals surface area contributed by atoms with Crippen molar-refractivity contribution in [3.05, 3.63) is 47.7 Å². The number of furan rings is 1. The largest absolute Gasteiger partial charge is 0.469 e. The van der Waals surface area contributed by atoms with Crippen molar-refractivity contribution in [2.45, 2.75) is 26.3 Å². The number of carbonyl (C=O) groups is 1. The molecule has 2 aromatic rings. The number of hydrogen-bond donors (Lipinski definition) is 0. The van der Waals surface area contributed by atoms with Gasteiger partial charge in [0.15, 0.2) is 0 Å². The van der Waals surface area contributed by atoms with Crippen LogP contribution in [0.2, 0.25) is 0 Å². The van der Waals surface area contributed by atoms with Crippen LogP contribution in [0.25, 0.3) is 0 Å². The monoisotopic (exact) mass is 247 g/mol. The van der Waals surface area contributed by atoms with Gasteiger partial charge in [0, 0.05) is 11.4 Å². The first-order chi connectivity index (χ1) is 8.70. The zero-order valence-corrected chi connectivity index (χ0v) is 10.7. The van der Waals surface area contributed by atoms with Gasteiger partial charge in [0.25, 0.3) is 0 Å². The first kappa shape index (κ1) is 12.5. The highest BCUT2D eigenvalue weighted by Gasteiger charge is 2.09. The van der Waals surface area contributed by atoms with Crippen LogP contribution in [0, 0.1) is 6.92 Å². The molecule has 4 heteroatoms. The molecule has 0 aliphatic rings. The summed E-state index contributed by atoms with van der Waals surface area (Å²) < 4.78 is 12.2. The molecule has 0 atom stereocenters.